The summed E-state index contributed by atoms with van der Waals surface area (Å²) < 4.78 is 0. The molecule has 0 spiro atoms. The first-order valence-corrected chi connectivity index (χ1v) is 7.30. The van der Waals surface area contributed by atoms with E-state index in [9.17, 15) is 4.79 Å². The molecule has 1 N–H and O–H groups in total. The minimum Gasteiger partial charge on any atom is -0.336 e. The first kappa shape index (κ1) is 15.3. The molecule has 1 saturated heterocycles. The Bertz CT molecular complexity index is 503. The zero-order chi connectivity index (χ0) is 13.4. The van der Waals surface area contributed by atoms with Gasteiger partial charge >= 0.3 is 0 Å². The lowest BCUT2D eigenvalue weighted by Gasteiger charge is -2.38. The molecule has 1 amide bonds. The third kappa shape index (κ3) is 2.70. The summed E-state index contributed by atoms with van der Waals surface area (Å²) in [6, 6.07) is 6.51. The van der Waals surface area contributed by atoms with Crippen molar-refractivity contribution in [2.75, 3.05) is 6.54 Å². The molecule has 0 aliphatic carbocycles. The topological polar surface area (TPSA) is 32.3 Å². The van der Waals surface area contributed by atoms with Gasteiger partial charge in [0.2, 0.25) is 0 Å². The molecule has 1 fully saturated rings. The van der Waals surface area contributed by atoms with E-state index in [0.29, 0.717) is 12.0 Å². The molecule has 3 rings (SSSR count). The van der Waals surface area contributed by atoms with Gasteiger partial charge in [-0.1, -0.05) is 13.0 Å². The molecule has 1 aromatic rings. The fourth-order valence-electron chi connectivity index (χ4n) is 3.22. The number of hydrogen-bond acceptors (Lipinski definition) is 2. The van der Waals surface area contributed by atoms with E-state index in [2.05, 4.69) is 36.2 Å². The van der Waals surface area contributed by atoms with Crippen LogP contribution in [0.1, 0.15) is 48.2 Å². The summed E-state index contributed by atoms with van der Waals surface area (Å²) in [6.07, 6.45) is 2.36. The fourth-order valence-corrected chi connectivity index (χ4v) is 3.22. The van der Waals surface area contributed by atoms with Gasteiger partial charge in [-0.3, -0.25) is 4.79 Å². The number of nitrogens with zero attached hydrogens (tertiary/aromatic N) is 1. The SMILES string of the molecule is CC1CCCN(C(=O)c2ccc3c(c2)CNC3)C1C.Cl. The van der Waals surface area contributed by atoms with Crippen LogP contribution in [0.5, 0.6) is 0 Å². The number of fused-ring (bicyclic) bond motifs is 1. The molecule has 2 aliphatic rings. The summed E-state index contributed by atoms with van der Waals surface area (Å²) in [4.78, 5) is 14.7. The second-order valence-corrected chi connectivity index (χ2v) is 5.95. The van der Waals surface area contributed by atoms with Gasteiger partial charge in [-0.15, -0.1) is 12.4 Å². The van der Waals surface area contributed by atoms with Crippen LogP contribution in [0.3, 0.4) is 0 Å². The minimum absolute atomic E-state index is 0. The largest absolute Gasteiger partial charge is 0.336 e. The van der Waals surface area contributed by atoms with Crippen molar-refractivity contribution in [3.8, 4) is 0 Å². The van der Waals surface area contributed by atoms with Crippen LogP contribution in [0, 0.1) is 5.92 Å². The molecular formula is C16H23ClN2O. The van der Waals surface area contributed by atoms with Crippen LogP contribution in [0.4, 0.5) is 0 Å². The Hall–Kier alpha value is -1.06. The molecule has 2 atom stereocenters. The Balaban J connectivity index is 0.00000147. The number of halogens is 1. The van der Waals surface area contributed by atoms with Crippen LogP contribution in [-0.4, -0.2) is 23.4 Å². The summed E-state index contributed by atoms with van der Waals surface area (Å²) in [5, 5.41) is 3.32. The Morgan fingerprint density at radius 1 is 1.25 bits per heavy atom. The molecule has 0 aromatic heterocycles. The van der Waals surface area contributed by atoms with Crippen molar-refractivity contribution in [3.05, 3.63) is 34.9 Å². The highest BCUT2D eigenvalue weighted by molar-refractivity contribution is 5.94. The molecule has 3 nitrogen and oxygen atoms in total. The van der Waals surface area contributed by atoms with Crippen molar-refractivity contribution in [2.45, 2.75) is 45.8 Å². The lowest BCUT2D eigenvalue weighted by Crippen LogP contribution is -2.46. The Labute approximate surface area is 127 Å². The standard InChI is InChI=1S/C16H22N2O.ClH/c1-11-4-3-7-18(12(11)2)16(19)13-5-6-14-9-17-10-15(14)8-13;/h5-6,8,11-12,17H,3-4,7,9-10H2,1-2H3;1H. The highest BCUT2D eigenvalue weighted by Crippen LogP contribution is 2.25. The molecule has 0 bridgehead atoms. The van der Waals surface area contributed by atoms with Crippen molar-refractivity contribution in [3.63, 3.8) is 0 Å². The molecular weight excluding hydrogens is 272 g/mol. The zero-order valence-corrected chi connectivity index (χ0v) is 13.0. The van der Waals surface area contributed by atoms with Crippen molar-refractivity contribution in [1.29, 1.82) is 0 Å². The van der Waals surface area contributed by atoms with Crippen LogP contribution in [-0.2, 0) is 13.1 Å². The summed E-state index contributed by atoms with van der Waals surface area (Å²) in [5.74, 6) is 0.808. The smallest absolute Gasteiger partial charge is 0.254 e. The van der Waals surface area contributed by atoms with Gasteiger partial charge in [0, 0.05) is 31.2 Å². The molecule has 2 heterocycles. The van der Waals surface area contributed by atoms with Crippen molar-refractivity contribution in [1.82, 2.24) is 10.2 Å². The molecule has 2 aliphatic heterocycles. The average molecular weight is 295 g/mol. The molecule has 110 valence electrons. The predicted octanol–water partition coefficient (Wildman–Crippen LogP) is 2.97. The van der Waals surface area contributed by atoms with Gasteiger partial charge in [0.05, 0.1) is 0 Å². The number of carbonyl (C=O) groups excluding carboxylic acids is 1. The van der Waals surface area contributed by atoms with E-state index in [1.165, 1.54) is 17.5 Å². The Morgan fingerprint density at radius 2 is 2.00 bits per heavy atom. The third-order valence-corrected chi connectivity index (χ3v) is 4.72. The van der Waals surface area contributed by atoms with Crippen LogP contribution in [0.15, 0.2) is 18.2 Å². The van der Waals surface area contributed by atoms with Gasteiger partial charge in [0.25, 0.3) is 5.91 Å². The third-order valence-electron chi connectivity index (χ3n) is 4.72. The Kier molecular flexibility index (Phi) is 4.71. The van der Waals surface area contributed by atoms with Crippen molar-refractivity contribution < 1.29 is 4.79 Å². The van der Waals surface area contributed by atoms with E-state index < -0.39 is 0 Å². The molecule has 0 saturated carbocycles. The van der Waals surface area contributed by atoms with Gasteiger partial charge in [-0.25, -0.2) is 0 Å². The highest BCUT2D eigenvalue weighted by atomic mass is 35.5. The van der Waals surface area contributed by atoms with Gasteiger partial charge in [0.1, 0.15) is 0 Å². The van der Waals surface area contributed by atoms with Crippen molar-refractivity contribution >= 4 is 18.3 Å². The monoisotopic (exact) mass is 294 g/mol. The van der Waals surface area contributed by atoms with Gasteiger partial charge < -0.3 is 10.2 Å². The van der Waals surface area contributed by atoms with Crippen LogP contribution in [0.2, 0.25) is 0 Å². The quantitative estimate of drug-likeness (QED) is 0.864. The molecule has 1 aromatic carbocycles. The number of hydrogen-bond donors (Lipinski definition) is 1. The first-order chi connectivity index (χ1) is 9.16. The van der Waals surface area contributed by atoms with E-state index in [1.807, 2.05) is 6.07 Å². The normalized spacial score (nSPS) is 25.0. The van der Waals surface area contributed by atoms with Crippen LogP contribution < -0.4 is 5.32 Å². The number of carbonyl (C=O) groups is 1. The number of likely N-dealkylation sites (tertiary alicyclic amines) is 1. The van der Waals surface area contributed by atoms with E-state index in [-0.39, 0.29) is 18.3 Å². The van der Waals surface area contributed by atoms with Crippen molar-refractivity contribution in [2.24, 2.45) is 5.92 Å². The first-order valence-electron chi connectivity index (χ1n) is 7.30. The van der Waals surface area contributed by atoms with Crippen LogP contribution >= 0.6 is 12.4 Å². The van der Waals surface area contributed by atoms with Crippen LogP contribution in [0.25, 0.3) is 0 Å². The summed E-state index contributed by atoms with van der Waals surface area (Å²) in [7, 11) is 0. The number of piperidine rings is 1. The summed E-state index contributed by atoms with van der Waals surface area (Å²) >= 11 is 0. The summed E-state index contributed by atoms with van der Waals surface area (Å²) in [5.41, 5.74) is 3.46. The zero-order valence-electron chi connectivity index (χ0n) is 12.2. The van der Waals surface area contributed by atoms with Gasteiger partial charge in [-0.05, 0) is 48.9 Å². The second kappa shape index (κ2) is 6.15. The molecule has 20 heavy (non-hydrogen) atoms. The van der Waals surface area contributed by atoms with E-state index >= 15 is 0 Å². The number of nitrogens with one attached hydrogen (secondary N) is 1. The molecule has 4 heteroatoms. The van der Waals surface area contributed by atoms with Gasteiger partial charge in [0.15, 0.2) is 0 Å². The minimum atomic E-state index is 0. The molecule has 0 radical (unpaired) electrons. The highest BCUT2D eigenvalue weighted by Gasteiger charge is 2.29. The number of benzene rings is 1. The average Bonchev–Trinajstić information content (AvgIpc) is 2.88. The predicted molar refractivity (Wildman–Crippen MR) is 83.1 cm³/mol. The lowest BCUT2D eigenvalue weighted by atomic mass is 9.91. The summed E-state index contributed by atoms with van der Waals surface area (Å²) in [6.45, 7) is 7.15. The second-order valence-electron chi connectivity index (χ2n) is 5.95. The maximum atomic E-state index is 12.7. The fraction of sp³-hybridized carbons (Fsp3) is 0.562. The van der Waals surface area contributed by atoms with E-state index in [1.54, 1.807) is 0 Å². The van der Waals surface area contributed by atoms with E-state index in [4.69, 9.17) is 0 Å². The van der Waals surface area contributed by atoms with Gasteiger partial charge in [-0.2, -0.15) is 0 Å². The Morgan fingerprint density at radius 3 is 2.80 bits per heavy atom. The number of amides is 1. The maximum absolute atomic E-state index is 12.7. The van der Waals surface area contributed by atoms with E-state index in [0.717, 1.165) is 31.6 Å². The maximum Gasteiger partial charge on any atom is 0.254 e. The molecule has 2 unspecified atom stereocenters. The number of rotatable bonds is 1. The lowest BCUT2D eigenvalue weighted by molar-refractivity contribution is 0.0551.